The Hall–Kier alpha value is -2.24. The van der Waals surface area contributed by atoms with Gasteiger partial charge in [-0.25, -0.2) is 13.5 Å². The lowest BCUT2D eigenvalue weighted by Gasteiger charge is -2.08. The molecule has 2 aromatic rings. The molecule has 0 bridgehead atoms. The second-order valence-electron chi connectivity index (χ2n) is 5.30. The molecule has 1 N–H and O–H groups in total. The fourth-order valence-corrected chi connectivity index (χ4v) is 2.06. The van der Waals surface area contributed by atoms with Gasteiger partial charge in [0.1, 0.15) is 11.6 Å². The van der Waals surface area contributed by atoms with Gasteiger partial charge >= 0.3 is 0 Å². The van der Waals surface area contributed by atoms with Crippen LogP contribution in [-0.2, 0) is 6.54 Å². The molecular weight excluding hydrogens is 276 g/mol. The lowest BCUT2D eigenvalue weighted by atomic mass is 10.2. The summed E-state index contributed by atoms with van der Waals surface area (Å²) in [6.07, 6.45) is 3.97. The van der Waals surface area contributed by atoms with Crippen LogP contribution in [0.5, 0.6) is 0 Å². The lowest BCUT2D eigenvalue weighted by Crippen LogP contribution is -2.23. The Morgan fingerprint density at radius 3 is 2.81 bits per heavy atom. The molecule has 21 heavy (non-hydrogen) atoms. The van der Waals surface area contributed by atoms with Gasteiger partial charge in [0.25, 0.3) is 5.56 Å². The molecule has 0 saturated heterocycles. The van der Waals surface area contributed by atoms with Crippen molar-refractivity contribution in [2.24, 2.45) is 5.92 Å². The molecule has 0 unspecified atom stereocenters. The number of aromatic nitrogens is 2. The summed E-state index contributed by atoms with van der Waals surface area (Å²) in [6.45, 7) is 0.745. The van der Waals surface area contributed by atoms with Gasteiger partial charge in [0.05, 0.1) is 18.4 Å². The fourth-order valence-electron chi connectivity index (χ4n) is 2.06. The Balaban J connectivity index is 1.75. The number of benzene rings is 1. The number of nitrogens with zero attached hydrogens (tertiary/aromatic N) is 2. The summed E-state index contributed by atoms with van der Waals surface area (Å²) in [5.74, 6) is -0.406. The first-order chi connectivity index (χ1) is 10.1. The minimum absolute atomic E-state index is 0.0919. The van der Waals surface area contributed by atoms with E-state index in [1.807, 2.05) is 0 Å². The highest BCUT2D eigenvalue weighted by molar-refractivity contribution is 5.39. The van der Waals surface area contributed by atoms with Crippen molar-refractivity contribution in [1.82, 2.24) is 9.78 Å². The number of rotatable bonds is 5. The Kier molecular flexibility index (Phi) is 3.68. The molecular formula is C15H15F2N3O. The van der Waals surface area contributed by atoms with Crippen LogP contribution in [0.25, 0.3) is 0 Å². The summed E-state index contributed by atoms with van der Waals surface area (Å²) >= 11 is 0. The van der Waals surface area contributed by atoms with Gasteiger partial charge in [0.15, 0.2) is 0 Å². The predicted octanol–water partition coefficient (Wildman–Crippen LogP) is 2.39. The summed E-state index contributed by atoms with van der Waals surface area (Å²) in [5, 5.41) is 7.14. The van der Waals surface area contributed by atoms with Crippen molar-refractivity contribution in [1.29, 1.82) is 0 Å². The monoisotopic (exact) mass is 291 g/mol. The molecule has 1 aliphatic carbocycles. The van der Waals surface area contributed by atoms with E-state index in [0.29, 0.717) is 11.6 Å². The quantitative estimate of drug-likeness (QED) is 0.920. The molecule has 0 radical (unpaired) electrons. The third-order valence-electron chi connectivity index (χ3n) is 3.49. The number of hydrogen-bond donors (Lipinski definition) is 1. The molecule has 1 fully saturated rings. The molecule has 3 rings (SSSR count). The highest BCUT2D eigenvalue weighted by Crippen LogP contribution is 2.28. The van der Waals surface area contributed by atoms with Gasteiger partial charge < -0.3 is 5.32 Å². The van der Waals surface area contributed by atoms with Crippen LogP contribution in [0.1, 0.15) is 18.4 Å². The summed E-state index contributed by atoms with van der Waals surface area (Å²) in [5.41, 5.74) is 0.408. The first-order valence-electron chi connectivity index (χ1n) is 6.87. The third-order valence-corrected chi connectivity index (χ3v) is 3.49. The zero-order valence-corrected chi connectivity index (χ0v) is 11.4. The molecule has 1 saturated carbocycles. The summed E-state index contributed by atoms with van der Waals surface area (Å²) in [7, 11) is 0. The maximum atomic E-state index is 13.6. The predicted molar refractivity (Wildman–Crippen MR) is 75.2 cm³/mol. The van der Waals surface area contributed by atoms with Crippen molar-refractivity contribution in [2.45, 2.75) is 19.4 Å². The van der Waals surface area contributed by atoms with Crippen LogP contribution in [0.2, 0.25) is 0 Å². The molecule has 4 nitrogen and oxygen atoms in total. The minimum Gasteiger partial charge on any atom is -0.383 e. The zero-order valence-electron chi connectivity index (χ0n) is 11.4. The summed E-state index contributed by atoms with van der Waals surface area (Å²) < 4.78 is 27.8. The van der Waals surface area contributed by atoms with Crippen LogP contribution in [0.4, 0.5) is 14.5 Å². The van der Waals surface area contributed by atoms with E-state index >= 15 is 0 Å². The largest absolute Gasteiger partial charge is 0.383 e. The average Bonchev–Trinajstić information content (AvgIpc) is 3.27. The van der Waals surface area contributed by atoms with Crippen molar-refractivity contribution >= 4 is 5.69 Å². The van der Waals surface area contributed by atoms with Gasteiger partial charge in [-0.05, 0) is 37.0 Å². The van der Waals surface area contributed by atoms with Crippen molar-refractivity contribution in [3.05, 3.63) is 58.0 Å². The molecule has 1 aliphatic rings. The zero-order chi connectivity index (χ0) is 14.8. The van der Waals surface area contributed by atoms with E-state index in [9.17, 15) is 13.6 Å². The number of halogens is 2. The van der Waals surface area contributed by atoms with Crippen LogP contribution in [0.3, 0.4) is 0 Å². The van der Waals surface area contributed by atoms with E-state index in [1.165, 1.54) is 25.1 Å². The minimum atomic E-state index is -0.555. The summed E-state index contributed by atoms with van der Waals surface area (Å²) in [6, 6.07) is 4.58. The van der Waals surface area contributed by atoms with Gasteiger partial charge in [-0.1, -0.05) is 0 Å². The average molecular weight is 291 g/mol. The topological polar surface area (TPSA) is 46.9 Å². The second kappa shape index (κ2) is 5.63. The van der Waals surface area contributed by atoms with Crippen molar-refractivity contribution in [3.63, 3.8) is 0 Å². The van der Waals surface area contributed by atoms with Crippen LogP contribution in [0, 0.1) is 17.6 Å². The number of hydrogen-bond acceptors (Lipinski definition) is 3. The number of anilines is 1. The van der Waals surface area contributed by atoms with Crippen LogP contribution < -0.4 is 10.9 Å². The second-order valence-corrected chi connectivity index (χ2v) is 5.30. The molecule has 6 heteroatoms. The molecule has 0 amide bonds. The number of nitrogens with one attached hydrogen (secondary N) is 1. The molecule has 1 aromatic carbocycles. The molecule has 0 spiro atoms. The Morgan fingerprint density at radius 2 is 2.10 bits per heavy atom. The van der Waals surface area contributed by atoms with Crippen molar-refractivity contribution in [3.8, 4) is 0 Å². The lowest BCUT2D eigenvalue weighted by molar-refractivity contribution is 0.557. The highest BCUT2D eigenvalue weighted by atomic mass is 19.1. The van der Waals surface area contributed by atoms with Gasteiger partial charge in [-0.2, -0.15) is 5.10 Å². The maximum absolute atomic E-state index is 13.6. The third kappa shape index (κ3) is 3.45. The van der Waals surface area contributed by atoms with Crippen molar-refractivity contribution < 1.29 is 8.78 Å². The molecule has 0 atom stereocenters. The smallest absolute Gasteiger partial charge is 0.269 e. The standard InChI is InChI=1S/C15H15F2N3O/c16-12-3-4-14(17)11(5-12)9-20-15(21)6-13(8-19-20)18-7-10-1-2-10/h3-6,8,10,18H,1-2,7,9H2. The van der Waals surface area contributed by atoms with Crippen molar-refractivity contribution in [2.75, 3.05) is 11.9 Å². The summed E-state index contributed by atoms with van der Waals surface area (Å²) in [4.78, 5) is 11.9. The van der Waals surface area contributed by atoms with Crippen LogP contribution in [-0.4, -0.2) is 16.3 Å². The van der Waals surface area contributed by atoms with E-state index in [1.54, 1.807) is 0 Å². The Bertz CT molecular complexity index is 710. The maximum Gasteiger partial charge on any atom is 0.269 e. The molecule has 0 aliphatic heterocycles. The van der Waals surface area contributed by atoms with Crippen LogP contribution in [0.15, 0.2) is 35.3 Å². The normalized spacial score (nSPS) is 14.2. The first-order valence-corrected chi connectivity index (χ1v) is 6.87. The fraction of sp³-hybridized carbons (Fsp3) is 0.333. The van der Waals surface area contributed by atoms with E-state index in [0.717, 1.165) is 29.4 Å². The Morgan fingerprint density at radius 1 is 1.29 bits per heavy atom. The van der Waals surface area contributed by atoms with E-state index in [4.69, 9.17) is 0 Å². The Labute approximate surface area is 120 Å². The first kappa shape index (κ1) is 13.7. The SMILES string of the molecule is O=c1cc(NCC2CC2)cnn1Cc1cc(F)ccc1F. The van der Waals surface area contributed by atoms with E-state index < -0.39 is 11.6 Å². The van der Waals surface area contributed by atoms with E-state index in [-0.39, 0.29) is 17.7 Å². The van der Waals surface area contributed by atoms with Crippen LogP contribution >= 0.6 is 0 Å². The van der Waals surface area contributed by atoms with Gasteiger partial charge in [0, 0.05) is 18.2 Å². The van der Waals surface area contributed by atoms with Gasteiger partial charge in [-0.3, -0.25) is 4.79 Å². The molecule has 110 valence electrons. The molecule has 1 heterocycles. The van der Waals surface area contributed by atoms with Gasteiger partial charge in [-0.15, -0.1) is 0 Å². The molecule has 1 aromatic heterocycles. The van der Waals surface area contributed by atoms with E-state index in [2.05, 4.69) is 10.4 Å². The van der Waals surface area contributed by atoms with Gasteiger partial charge in [0.2, 0.25) is 0 Å². The highest BCUT2D eigenvalue weighted by Gasteiger charge is 2.20.